The SMILES string of the molecule is CCCCCCCCCCCCCCCC[N+]1(C)CCOCC1.CCOS(=O)(=O)[O-]. The van der Waals surface area contributed by atoms with Gasteiger partial charge in [-0.05, 0) is 19.8 Å². The highest BCUT2D eigenvalue weighted by atomic mass is 32.3. The quantitative estimate of drug-likeness (QED) is 0.128. The standard InChI is InChI=1S/C21H44NO.C2H6O4S/c1-3-4-5-6-7-8-9-10-11-12-13-14-15-16-17-22(2)18-20-23-21-19-22;1-2-6-7(3,4)5/h3-21H2,1-2H3;2H2,1H3,(H,3,4,5)/q+1;/p-1. The molecule has 0 aromatic carbocycles. The lowest BCUT2D eigenvalue weighted by Gasteiger charge is -2.37. The summed E-state index contributed by atoms with van der Waals surface area (Å²) in [6, 6.07) is 0. The van der Waals surface area contributed by atoms with Crippen molar-refractivity contribution in [2.45, 2.75) is 104 Å². The maximum absolute atomic E-state index is 9.45. The Balaban J connectivity index is 0.00000103. The lowest BCUT2D eigenvalue weighted by atomic mass is 10.0. The van der Waals surface area contributed by atoms with Gasteiger partial charge in [0.2, 0.25) is 10.4 Å². The summed E-state index contributed by atoms with van der Waals surface area (Å²) in [7, 11) is -2.02. The fourth-order valence-corrected chi connectivity index (χ4v) is 4.13. The molecule has 182 valence electrons. The van der Waals surface area contributed by atoms with Crippen molar-refractivity contribution in [3.8, 4) is 0 Å². The van der Waals surface area contributed by atoms with Crippen LogP contribution in [0.1, 0.15) is 104 Å². The number of quaternary nitrogens is 1. The fraction of sp³-hybridized carbons (Fsp3) is 1.00. The molecular weight excluding hydrogens is 402 g/mol. The third kappa shape index (κ3) is 21.0. The van der Waals surface area contributed by atoms with Gasteiger partial charge in [0.15, 0.2) is 0 Å². The van der Waals surface area contributed by atoms with Gasteiger partial charge in [-0.3, -0.25) is 4.18 Å². The molecule has 0 aromatic heterocycles. The van der Waals surface area contributed by atoms with Crippen LogP contribution in [0, 0.1) is 0 Å². The third-order valence-corrected chi connectivity index (χ3v) is 6.39. The molecule has 0 amide bonds. The van der Waals surface area contributed by atoms with Gasteiger partial charge in [-0.2, -0.15) is 0 Å². The van der Waals surface area contributed by atoms with E-state index in [9.17, 15) is 13.0 Å². The minimum atomic E-state index is -4.42. The number of hydrogen-bond donors (Lipinski definition) is 0. The van der Waals surface area contributed by atoms with E-state index in [0.29, 0.717) is 0 Å². The summed E-state index contributed by atoms with van der Waals surface area (Å²) >= 11 is 0. The van der Waals surface area contributed by atoms with Gasteiger partial charge in [-0.15, -0.1) is 0 Å². The average molecular weight is 452 g/mol. The smallest absolute Gasteiger partial charge is 0.217 e. The first-order chi connectivity index (χ1) is 14.3. The average Bonchev–Trinajstić information content (AvgIpc) is 2.68. The van der Waals surface area contributed by atoms with E-state index >= 15 is 0 Å². The van der Waals surface area contributed by atoms with Crippen LogP contribution in [0.2, 0.25) is 0 Å². The van der Waals surface area contributed by atoms with Crippen LogP contribution in [0.15, 0.2) is 0 Å². The minimum absolute atomic E-state index is 0.0914. The number of rotatable bonds is 17. The first kappa shape index (κ1) is 29.8. The van der Waals surface area contributed by atoms with Gasteiger partial charge < -0.3 is 13.8 Å². The zero-order valence-electron chi connectivity index (χ0n) is 20.0. The lowest BCUT2D eigenvalue weighted by molar-refractivity contribution is -0.917. The van der Waals surface area contributed by atoms with Crippen molar-refractivity contribution in [1.29, 1.82) is 0 Å². The summed E-state index contributed by atoms with van der Waals surface area (Å²) in [6.45, 7) is 9.37. The number of unbranched alkanes of at least 4 members (excludes halogenated alkanes) is 13. The predicted octanol–water partition coefficient (Wildman–Crippen LogP) is 5.43. The molecule has 6 nitrogen and oxygen atoms in total. The Kier molecular flexibility index (Phi) is 19.3. The van der Waals surface area contributed by atoms with Gasteiger partial charge in [-0.25, -0.2) is 8.42 Å². The number of hydrogen-bond acceptors (Lipinski definition) is 5. The molecule has 1 fully saturated rings. The summed E-state index contributed by atoms with van der Waals surface area (Å²) < 4.78 is 38.7. The van der Waals surface area contributed by atoms with E-state index in [0.717, 1.165) is 13.2 Å². The molecule has 1 aliphatic rings. The Morgan fingerprint density at radius 3 is 1.50 bits per heavy atom. The Bertz CT molecular complexity index is 464. The number of ether oxygens (including phenoxy) is 1. The van der Waals surface area contributed by atoms with Gasteiger partial charge >= 0.3 is 0 Å². The second-order valence-electron chi connectivity index (χ2n) is 8.81. The fourth-order valence-electron chi connectivity index (χ4n) is 3.84. The molecule has 7 heteroatoms. The normalized spacial score (nSPS) is 16.1. The van der Waals surface area contributed by atoms with Crippen molar-refractivity contribution in [2.75, 3.05) is 46.5 Å². The molecular formula is C23H49NO5S. The van der Waals surface area contributed by atoms with E-state index in [-0.39, 0.29) is 6.61 Å². The van der Waals surface area contributed by atoms with Gasteiger partial charge in [-0.1, -0.05) is 84.0 Å². The summed E-state index contributed by atoms with van der Waals surface area (Å²) in [6.07, 6.45) is 20.3. The van der Waals surface area contributed by atoms with Gasteiger partial charge in [0.25, 0.3) is 0 Å². The van der Waals surface area contributed by atoms with E-state index in [1.807, 2.05) is 0 Å². The molecule has 0 radical (unpaired) electrons. The molecule has 0 aromatic rings. The van der Waals surface area contributed by atoms with Gasteiger partial charge in [0.05, 0.1) is 33.4 Å². The molecule has 0 saturated carbocycles. The third-order valence-electron chi connectivity index (χ3n) is 5.86. The molecule has 0 atom stereocenters. The van der Waals surface area contributed by atoms with Crippen LogP contribution in [0.3, 0.4) is 0 Å². The molecule has 0 N–H and O–H groups in total. The van der Waals surface area contributed by atoms with E-state index in [1.54, 1.807) is 0 Å². The molecule has 0 unspecified atom stereocenters. The summed E-state index contributed by atoms with van der Waals surface area (Å²) in [5, 5.41) is 0. The molecule has 1 heterocycles. The molecule has 1 aliphatic heterocycles. The molecule has 0 aliphatic carbocycles. The summed E-state index contributed by atoms with van der Waals surface area (Å²) in [5.74, 6) is 0. The van der Waals surface area contributed by atoms with Crippen LogP contribution in [0.25, 0.3) is 0 Å². The van der Waals surface area contributed by atoms with E-state index in [4.69, 9.17) is 4.74 Å². The second kappa shape index (κ2) is 19.5. The molecule has 1 rings (SSSR count). The first-order valence-electron chi connectivity index (χ1n) is 12.3. The monoisotopic (exact) mass is 451 g/mol. The maximum atomic E-state index is 9.45. The lowest BCUT2D eigenvalue weighted by Crippen LogP contribution is -2.52. The zero-order chi connectivity index (χ0) is 22.6. The van der Waals surface area contributed by atoms with Crippen LogP contribution in [0.4, 0.5) is 0 Å². The van der Waals surface area contributed by atoms with Crippen molar-refractivity contribution in [3.05, 3.63) is 0 Å². The van der Waals surface area contributed by atoms with E-state index in [1.165, 1.54) is 121 Å². The van der Waals surface area contributed by atoms with Crippen molar-refractivity contribution in [3.63, 3.8) is 0 Å². The van der Waals surface area contributed by atoms with Crippen LogP contribution in [-0.4, -0.2) is 64.0 Å². The van der Waals surface area contributed by atoms with Crippen LogP contribution in [0.5, 0.6) is 0 Å². The van der Waals surface area contributed by atoms with Crippen LogP contribution < -0.4 is 0 Å². The summed E-state index contributed by atoms with van der Waals surface area (Å²) in [5.41, 5.74) is 0. The van der Waals surface area contributed by atoms with Crippen molar-refractivity contribution >= 4 is 10.4 Å². The van der Waals surface area contributed by atoms with Crippen molar-refractivity contribution in [1.82, 2.24) is 0 Å². The largest absolute Gasteiger partial charge is 0.726 e. The Morgan fingerprint density at radius 1 is 0.767 bits per heavy atom. The van der Waals surface area contributed by atoms with Gasteiger partial charge in [0, 0.05) is 0 Å². The van der Waals surface area contributed by atoms with Crippen molar-refractivity contribution in [2.24, 2.45) is 0 Å². The number of morpholine rings is 1. The Morgan fingerprint density at radius 2 is 1.17 bits per heavy atom. The molecule has 30 heavy (non-hydrogen) atoms. The summed E-state index contributed by atoms with van der Waals surface area (Å²) in [4.78, 5) is 0. The minimum Gasteiger partial charge on any atom is -0.726 e. The first-order valence-corrected chi connectivity index (χ1v) is 13.7. The zero-order valence-corrected chi connectivity index (χ0v) is 20.9. The van der Waals surface area contributed by atoms with E-state index in [2.05, 4.69) is 18.2 Å². The highest BCUT2D eigenvalue weighted by Gasteiger charge is 2.24. The number of nitrogens with zero attached hydrogens (tertiary/aromatic N) is 1. The Hall–Kier alpha value is -0.210. The highest BCUT2D eigenvalue weighted by Crippen LogP contribution is 2.14. The van der Waals surface area contributed by atoms with E-state index < -0.39 is 10.4 Å². The second-order valence-corrected chi connectivity index (χ2v) is 9.87. The Labute approximate surface area is 187 Å². The molecule has 0 bridgehead atoms. The predicted molar refractivity (Wildman–Crippen MR) is 123 cm³/mol. The topological polar surface area (TPSA) is 75.7 Å². The number of likely N-dealkylation sites (N-methyl/N-ethyl adjacent to an activating group) is 1. The highest BCUT2D eigenvalue weighted by molar-refractivity contribution is 7.80. The molecule has 1 saturated heterocycles. The molecule has 0 spiro atoms. The maximum Gasteiger partial charge on any atom is 0.217 e. The van der Waals surface area contributed by atoms with Crippen molar-refractivity contribution < 1.29 is 26.4 Å². The van der Waals surface area contributed by atoms with Gasteiger partial charge in [0.1, 0.15) is 13.1 Å². The van der Waals surface area contributed by atoms with Crippen LogP contribution in [-0.2, 0) is 19.3 Å². The van der Waals surface area contributed by atoms with Crippen LogP contribution >= 0.6 is 0 Å².